The third-order valence-electron chi connectivity index (χ3n) is 4.42. The zero-order valence-electron chi connectivity index (χ0n) is 15.9. The highest BCUT2D eigenvalue weighted by Crippen LogP contribution is 2.28. The molecule has 1 aromatic heterocycles. The van der Waals surface area contributed by atoms with E-state index in [9.17, 15) is 8.42 Å². The van der Waals surface area contributed by atoms with Gasteiger partial charge >= 0.3 is 0 Å². The summed E-state index contributed by atoms with van der Waals surface area (Å²) in [4.78, 5) is 10.9. The maximum absolute atomic E-state index is 11.8. The van der Waals surface area contributed by atoms with E-state index < -0.39 is 9.84 Å². The first-order valence-corrected chi connectivity index (χ1v) is 11.0. The van der Waals surface area contributed by atoms with Crippen LogP contribution in [0.1, 0.15) is 27.2 Å². The Morgan fingerprint density at radius 2 is 2.07 bits per heavy atom. The summed E-state index contributed by atoms with van der Waals surface area (Å²) in [5.74, 6) is 2.32. The molecule has 0 saturated carbocycles. The van der Waals surface area contributed by atoms with E-state index in [0.29, 0.717) is 18.9 Å². The van der Waals surface area contributed by atoms with Crippen LogP contribution in [0.3, 0.4) is 0 Å². The number of nitrogens with one attached hydrogen (secondary N) is 1. The van der Waals surface area contributed by atoms with Crippen molar-refractivity contribution in [3.05, 3.63) is 36.5 Å². The zero-order chi connectivity index (χ0) is 19.4. The van der Waals surface area contributed by atoms with Crippen LogP contribution in [0, 0.1) is 0 Å². The van der Waals surface area contributed by atoms with Crippen LogP contribution >= 0.6 is 0 Å². The normalized spacial score (nSPS) is 18.4. The van der Waals surface area contributed by atoms with Crippen molar-refractivity contribution in [3.8, 4) is 5.75 Å². The van der Waals surface area contributed by atoms with Gasteiger partial charge in [0.15, 0.2) is 9.84 Å². The standard InChI is InChI=1S/C19H26N4O3S/c1-4-23(15-10-12-27(24,25)13-15)18-9-11-20-19(22-18)21-16-7-5-6-8-17(16)26-14(2)3/h5-9,11,14-15H,4,10,12-13H2,1-3H3,(H,20,21,22). The van der Waals surface area contributed by atoms with Crippen LogP contribution in [-0.4, -0.2) is 48.6 Å². The van der Waals surface area contributed by atoms with E-state index in [-0.39, 0.29) is 23.7 Å². The number of nitrogens with zero attached hydrogens (tertiary/aromatic N) is 3. The van der Waals surface area contributed by atoms with Gasteiger partial charge in [-0.05, 0) is 45.4 Å². The molecule has 3 rings (SSSR count). The van der Waals surface area contributed by atoms with Gasteiger partial charge in [-0.2, -0.15) is 4.98 Å². The van der Waals surface area contributed by atoms with E-state index in [1.807, 2.05) is 56.0 Å². The van der Waals surface area contributed by atoms with Crippen LogP contribution in [0.4, 0.5) is 17.5 Å². The Kier molecular flexibility index (Phi) is 5.84. The van der Waals surface area contributed by atoms with Gasteiger partial charge in [0.1, 0.15) is 11.6 Å². The first-order valence-electron chi connectivity index (χ1n) is 9.21. The van der Waals surface area contributed by atoms with Gasteiger partial charge in [0.25, 0.3) is 0 Å². The van der Waals surface area contributed by atoms with Crippen molar-refractivity contribution in [2.75, 3.05) is 28.3 Å². The van der Waals surface area contributed by atoms with E-state index in [4.69, 9.17) is 4.74 Å². The van der Waals surface area contributed by atoms with Crippen LogP contribution in [0.25, 0.3) is 0 Å². The highest BCUT2D eigenvalue weighted by Gasteiger charge is 2.32. The van der Waals surface area contributed by atoms with Crippen LogP contribution in [-0.2, 0) is 9.84 Å². The first-order chi connectivity index (χ1) is 12.9. The van der Waals surface area contributed by atoms with Crippen LogP contribution < -0.4 is 15.0 Å². The summed E-state index contributed by atoms with van der Waals surface area (Å²) < 4.78 is 29.5. The lowest BCUT2D eigenvalue weighted by atomic mass is 10.2. The number of anilines is 3. The van der Waals surface area contributed by atoms with E-state index in [2.05, 4.69) is 15.3 Å². The number of benzene rings is 1. The summed E-state index contributed by atoms with van der Waals surface area (Å²) in [5, 5.41) is 3.21. The average Bonchev–Trinajstić information content (AvgIpc) is 2.97. The van der Waals surface area contributed by atoms with Crippen molar-refractivity contribution >= 4 is 27.3 Å². The summed E-state index contributed by atoms with van der Waals surface area (Å²) in [6, 6.07) is 9.42. The molecule has 1 aliphatic heterocycles. The molecule has 1 saturated heterocycles. The molecular formula is C19H26N4O3S. The molecule has 27 heavy (non-hydrogen) atoms. The van der Waals surface area contributed by atoms with Crippen LogP contribution in [0.5, 0.6) is 5.75 Å². The monoisotopic (exact) mass is 390 g/mol. The summed E-state index contributed by atoms with van der Waals surface area (Å²) in [6.07, 6.45) is 2.37. The van der Waals surface area contributed by atoms with Gasteiger partial charge in [0.2, 0.25) is 5.95 Å². The molecule has 0 radical (unpaired) electrons. The van der Waals surface area contributed by atoms with Gasteiger partial charge in [0, 0.05) is 18.8 Å². The van der Waals surface area contributed by atoms with Crippen molar-refractivity contribution in [2.45, 2.75) is 39.3 Å². The minimum absolute atomic E-state index is 0.0423. The molecule has 1 fully saturated rings. The Morgan fingerprint density at radius 1 is 1.30 bits per heavy atom. The van der Waals surface area contributed by atoms with Crippen molar-refractivity contribution in [2.24, 2.45) is 0 Å². The minimum Gasteiger partial charge on any atom is -0.489 e. The predicted octanol–water partition coefficient (Wildman–Crippen LogP) is 3.02. The molecule has 2 heterocycles. The Morgan fingerprint density at radius 3 is 2.74 bits per heavy atom. The smallest absolute Gasteiger partial charge is 0.229 e. The number of para-hydroxylation sites is 2. The molecule has 1 unspecified atom stereocenters. The Bertz CT molecular complexity index is 886. The summed E-state index contributed by atoms with van der Waals surface area (Å²) in [5.41, 5.74) is 0.787. The highest BCUT2D eigenvalue weighted by atomic mass is 32.2. The lowest BCUT2D eigenvalue weighted by Crippen LogP contribution is -2.36. The molecule has 1 N–H and O–H groups in total. The van der Waals surface area contributed by atoms with E-state index in [1.54, 1.807) is 6.20 Å². The first kappa shape index (κ1) is 19.4. The van der Waals surface area contributed by atoms with Crippen molar-refractivity contribution in [3.63, 3.8) is 0 Å². The van der Waals surface area contributed by atoms with Crippen LogP contribution in [0.2, 0.25) is 0 Å². The zero-order valence-corrected chi connectivity index (χ0v) is 16.7. The second kappa shape index (κ2) is 8.12. The quantitative estimate of drug-likeness (QED) is 0.778. The van der Waals surface area contributed by atoms with Gasteiger partial charge < -0.3 is 15.0 Å². The number of hydrogen-bond donors (Lipinski definition) is 1. The SMILES string of the molecule is CCN(c1ccnc(Nc2ccccc2OC(C)C)n1)C1CCS(=O)(=O)C1. The topological polar surface area (TPSA) is 84.4 Å². The maximum Gasteiger partial charge on any atom is 0.229 e. The number of aromatic nitrogens is 2. The van der Waals surface area contributed by atoms with Crippen LogP contribution in [0.15, 0.2) is 36.5 Å². The Hall–Kier alpha value is -2.35. The third-order valence-corrected chi connectivity index (χ3v) is 6.17. The van der Waals surface area contributed by atoms with E-state index >= 15 is 0 Å². The number of sulfone groups is 1. The molecule has 2 aromatic rings. The molecule has 1 atom stereocenters. The fourth-order valence-corrected chi connectivity index (χ4v) is 4.98. The fourth-order valence-electron chi connectivity index (χ4n) is 3.24. The summed E-state index contributed by atoms with van der Waals surface area (Å²) >= 11 is 0. The molecule has 0 bridgehead atoms. The lowest BCUT2D eigenvalue weighted by Gasteiger charge is -2.28. The number of hydrogen-bond acceptors (Lipinski definition) is 7. The minimum atomic E-state index is -2.95. The van der Waals surface area contributed by atoms with Crippen molar-refractivity contribution < 1.29 is 13.2 Å². The molecule has 0 aliphatic carbocycles. The molecule has 1 aliphatic rings. The van der Waals surface area contributed by atoms with E-state index in [1.165, 1.54) is 0 Å². The molecular weight excluding hydrogens is 364 g/mol. The lowest BCUT2D eigenvalue weighted by molar-refractivity contribution is 0.244. The molecule has 0 amide bonds. The molecule has 7 nitrogen and oxygen atoms in total. The van der Waals surface area contributed by atoms with Crippen molar-refractivity contribution in [1.29, 1.82) is 0 Å². The third kappa shape index (κ3) is 4.88. The molecule has 146 valence electrons. The van der Waals surface area contributed by atoms with E-state index in [0.717, 1.165) is 17.3 Å². The summed E-state index contributed by atoms with van der Waals surface area (Å²) in [7, 11) is -2.95. The van der Waals surface area contributed by atoms with Crippen molar-refractivity contribution in [1.82, 2.24) is 9.97 Å². The molecule has 8 heteroatoms. The Labute approximate surface area is 160 Å². The van der Waals surface area contributed by atoms with Gasteiger partial charge in [-0.25, -0.2) is 13.4 Å². The molecule has 1 aromatic carbocycles. The van der Waals surface area contributed by atoms with Gasteiger partial charge in [-0.3, -0.25) is 0 Å². The maximum atomic E-state index is 11.8. The number of ether oxygens (including phenoxy) is 1. The average molecular weight is 391 g/mol. The largest absolute Gasteiger partial charge is 0.489 e. The Balaban J connectivity index is 1.82. The second-order valence-corrected chi connectivity index (χ2v) is 9.10. The number of rotatable bonds is 7. The molecule has 0 spiro atoms. The predicted molar refractivity (Wildman–Crippen MR) is 108 cm³/mol. The van der Waals surface area contributed by atoms with Gasteiger partial charge in [-0.1, -0.05) is 12.1 Å². The summed E-state index contributed by atoms with van der Waals surface area (Å²) in [6.45, 7) is 6.64. The second-order valence-electron chi connectivity index (χ2n) is 6.87. The highest BCUT2D eigenvalue weighted by molar-refractivity contribution is 7.91. The fraction of sp³-hybridized carbons (Fsp3) is 0.474. The van der Waals surface area contributed by atoms with Gasteiger partial charge in [0.05, 0.1) is 23.3 Å². The van der Waals surface area contributed by atoms with Gasteiger partial charge in [-0.15, -0.1) is 0 Å².